The second-order valence-electron chi connectivity index (χ2n) is 4.85. The van der Waals surface area contributed by atoms with Crippen molar-refractivity contribution in [1.82, 2.24) is 5.48 Å². The zero-order valence-corrected chi connectivity index (χ0v) is 10.9. The molecule has 0 saturated heterocycles. The molecule has 0 heterocycles. The van der Waals surface area contributed by atoms with Crippen LogP contribution < -0.4 is 5.48 Å². The van der Waals surface area contributed by atoms with Gasteiger partial charge in [0.25, 0.3) is 0 Å². The molecule has 0 radical (unpaired) electrons. The van der Waals surface area contributed by atoms with Gasteiger partial charge in [-0.3, -0.25) is 9.63 Å². The highest BCUT2D eigenvalue weighted by atomic mass is 28.3. The Morgan fingerprint density at radius 3 is 2.36 bits per heavy atom. The Balaban J connectivity index is 3.26. The summed E-state index contributed by atoms with van der Waals surface area (Å²) in [6.07, 6.45) is 3.97. The van der Waals surface area contributed by atoms with E-state index in [4.69, 9.17) is 0 Å². The number of carbonyl (C=O) groups is 1. The first-order valence-corrected chi connectivity index (χ1v) is 8.98. The van der Waals surface area contributed by atoms with Crippen molar-refractivity contribution >= 4 is 14.0 Å². The number of unbranched alkanes of at least 4 members (excludes halogenated alkanes) is 2. The van der Waals surface area contributed by atoms with Gasteiger partial charge in [0.1, 0.15) is 0 Å². The highest BCUT2D eigenvalue weighted by molar-refractivity contribution is 6.76. The Bertz CT molecular complexity index is 166. The first-order valence-electron chi connectivity index (χ1n) is 5.27. The van der Waals surface area contributed by atoms with Crippen LogP contribution in [0.25, 0.3) is 0 Å². The SMILES string of the molecule is CONC(=O)CCCCC[Si](C)(C)C. The summed E-state index contributed by atoms with van der Waals surface area (Å²) in [6, 6.07) is 1.36. The van der Waals surface area contributed by atoms with Gasteiger partial charge in [0.2, 0.25) is 5.91 Å². The van der Waals surface area contributed by atoms with Gasteiger partial charge < -0.3 is 0 Å². The minimum atomic E-state index is -0.875. The second-order valence-corrected chi connectivity index (χ2v) is 10.5. The molecular weight excluding hydrogens is 194 g/mol. The van der Waals surface area contributed by atoms with E-state index in [1.807, 2.05) is 0 Å². The maximum Gasteiger partial charge on any atom is 0.243 e. The number of hydrogen-bond donors (Lipinski definition) is 1. The Labute approximate surface area is 88.2 Å². The average Bonchev–Trinajstić information content (AvgIpc) is 2.02. The fraction of sp³-hybridized carbons (Fsp3) is 0.900. The van der Waals surface area contributed by atoms with E-state index in [9.17, 15) is 4.79 Å². The third-order valence-electron chi connectivity index (χ3n) is 2.05. The lowest BCUT2D eigenvalue weighted by molar-refractivity contribution is -0.131. The number of rotatable bonds is 7. The molecule has 0 aromatic rings. The van der Waals surface area contributed by atoms with Crippen molar-refractivity contribution in [2.75, 3.05) is 7.11 Å². The van der Waals surface area contributed by atoms with E-state index in [2.05, 4.69) is 30.0 Å². The first kappa shape index (κ1) is 13.6. The summed E-state index contributed by atoms with van der Waals surface area (Å²) in [7, 11) is 0.587. The molecule has 0 fully saturated rings. The Hall–Kier alpha value is -0.353. The van der Waals surface area contributed by atoms with Crippen molar-refractivity contribution in [2.24, 2.45) is 0 Å². The van der Waals surface area contributed by atoms with Gasteiger partial charge in [0, 0.05) is 14.5 Å². The van der Waals surface area contributed by atoms with Gasteiger partial charge in [-0.15, -0.1) is 0 Å². The molecule has 1 N–H and O–H groups in total. The summed E-state index contributed by atoms with van der Waals surface area (Å²) >= 11 is 0. The molecule has 0 aliphatic rings. The van der Waals surface area contributed by atoms with Gasteiger partial charge in [0.05, 0.1) is 7.11 Å². The fourth-order valence-corrected chi connectivity index (χ4v) is 2.59. The molecule has 4 heteroatoms. The molecule has 0 bridgehead atoms. The standard InChI is InChI=1S/C10H23NO2Si/c1-13-11-10(12)8-6-5-7-9-14(2,3)4/h5-9H2,1-4H3,(H,11,12). The van der Waals surface area contributed by atoms with E-state index in [0.717, 1.165) is 12.8 Å². The fourth-order valence-electron chi connectivity index (χ4n) is 1.28. The van der Waals surface area contributed by atoms with Gasteiger partial charge in [-0.25, -0.2) is 5.48 Å². The van der Waals surface area contributed by atoms with Gasteiger partial charge in [-0.05, 0) is 6.42 Å². The Kier molecular flexibility index (Phi) is 6.83. The first-order chi connectivity index (χ1) is 6.45. The molecule has 0 unspecified atom stereocenters. The number of carbonyl (C=O) groups excluding carboxylic acids is 1. The Morgan fingerprint density at radius 1 is 1.21 bits per heavy atom. The van der Waals surface area contributed by atoms with Crippen LogP contribution in [0.2, 0.25) is 25.7 Å². The summed E-state index contributed by atoms with van der Waals surface area (Å²) < 4.78 is 0. The van der Waals surface area contributed by atoms with Gasteiger partial charge in [0.15, 0.2) is 0 Å². The van der Waals surface area contributed by atoms with Crippen LogP contribution in [0.3, 0.4) is 0 Å². The maximum absolute atomic E-state index is 11.0. The third kappa shape index (κ3) is 9.73. The zero-order valence-electron chi connectivity index (χ0n) is 9.85. The number of hydrogen-bond acceptors (Lipinski definition) is 2. The predicted molar refractivity (Wildman–Crippen MR) is 61.8 cm³/mol. The quantitative estimate of drug-likeness (QED) is 0.404. The van der Waals surface area contributed by atoms with Crippen LogP contribution in [0, 0.1) is 0 Å². The zero-order chi connectivity index (χ0) is 11.0. The number of amides is 1. The van der Waals surface area contributed by atoms with Gasteiger partial charge >= 0.3 is 0 Å². The topological polar surface area (TPSA) is 38.3 Å². The summed E-state index contributed by atoms with van der Waals surface area (Å²) in [5, 5.41) is 0. The molecule has 0 aliphatic heterocycles. The van der Waals surface area contributed by atoms with E-state index in [1.165, 1.54) is 19.6 Å². The lowest BCUT2D eigenvalue weighted by atomic mass is 10.2. The van der Waals surface area contributed by atoms with Crippen molar-refractivity contribution in [3.8, 4) is 0 Å². The maximum atomic E-state index is 11.0. The van der Waals surface area contributed by atoms with E-state index >= 15 is 0 Å². The molecular formula is C10H23NO2Si. The van der Waals surface area contributed by atoms with E-state index < -0.39 is 8.07 Å². The average molecular weight is 217 g/mol. The molecule has 0 spiro atoms. The second kappa shape index (κ2) is 7.01. The highest BCUT2D eigenvalue weighted by Crippen LogP contribution is 2.14. The predicted octanol–water partition coefficient (Wildman–Crippen LogP) is 2.56. The van der Waals surface area contributed by atoms with Crippen molar-refractivity contribution < 1.29 is 9.63 Å². The van der Waals surface area contributed by atoms with Crippen LogP contribution >= 0.6 is 0 Å². The van der Waals surface area contributed by atoms with Crippen molar-refractivity contribution in [2.45, 2.75) is 51.4 Å². The highest BCUT2D eigenvalue weighted by Gasteiger charge is 2.11. The molecule has 0 aromatic heterocycles. The molecule has 1 amide bonds. The van der Waals surface area contributed by atoms with Crippen LogP contribution in [0.15, 0.2) is 0 Å². The van der Waals surface area contributed by atoms with E-state index in [0.29, 0.717) is 6.42 Å². The van der Waals surface area contributed by atoms with E-state index in [-0.39, 0.29) is 5.91 Å². The molecule has 14 heavy (non-hydrogen) atoms. The molecule has 0 aromatic carbocycles. The largest absolute Gasteiger partial charge is 0.277 e. The van der Waals surface area contributed by atoms with Crippen molar-refractivity contribution in [3.63, 3.8) is 0 Å². The summed E-state index contributed by atoms with van der Waals surface area (Å²) in [4.78, 5) is 15.5. The lowest BCUT2D eigenvalue weighted by Gasteiger charge is -2.14. The van der Waals surface area contributed by atoms with Gasteiger partial charge in [-0.2, -0.15) is 0 Å². The van der Waals surface area contributed by atoms with E-state index in [1.54, 1.807) is 0 Å². The van der Waals surface area contributed by atoms with Crippen molar-refractivity contribution in [3.05, 3.63) is 0 Å². The summed E-state index contributed by atoms with van der Waals surface area (Å²) in [5.74, 6) is -0.0134. The molecule has 0 saturated carbocycles. The third-order valence-corrected chi connectivity index (χ3v) is 3.90. The summed E-state index contributed by atoms with van der Waals surface area (Å²) in [5.41, 5.74) is 2.32. The van der Waals surface area contributed by atoms with Crippen LogP contribution in [-0.4, -0.2) is 21.1 Å². The normalized spacial score (nSPS) is 11.4. The smallest absolute Gasteiger partial charge is 0.243 e. The van der Waals surface area contributed by atoms with Crippen LogP contribution in [-0.2, 0) is 9.63 Å². The molecule has 0 rings (SSSR count). The minimum absolute atomic E-state index is 0.0134. The number of nitrogens with one attached hydrogen (secondary N) is 1. The van der Waals surface area contributed by atoms with Crippen molar-refractivity contribution in [1.29, 1.82) is 0 Å². The van der Waals surface area contributed by atoms with Gasteiger partial charge in [-0.1, -0.05) is 38.5 Å². The monoisotopic (exact) mass is 217 g/mol. The number of hydroxylamine groups is 1. The minimum Gasteiger partial charge on any atom is -0.277 e. The summed E-state index contributed by atoms with van der Waals surface area (Å²) in [6.45, 7) is 7.14. The molecule has 3 nitrogen and oxygen atoms in total. The molecule has 0 atom stereocenters. The molecule has 0 aliphatic carbocycles. The molecule has 84 valence electrons. The lowest BCUT2D eigenvalue weighted by Crippen LogP contribution is -2.21. The van der Waals surface area contributed by atoms with Crippen LogP contribution in [0.5, 0.6) is 0 Å². The van der Waals surface area contributed by atoms with Crippen LogP contribution in [0.4, 0.5) is 0 Å². The van der Waals surface area contributed by atoms with Crippen LogP contribution in [0.1, 0.15) is 25.7 Å². The Morgan fingerprint density at radius 2 is 1.86 bits per heavy atom.